The summed E-state index contributed by atoms with van der Waals surface area (Å²) in [7, 11) is 1.89. The summed E-state index contributed by atoms with van der Waals surface area (Å²) < 4.78 is 30.0. The summed E-state index contributed by atoms with van der Waals surface area (Å²) in [6, 6.07) is 8.69. The molecule has 1 unspecified atom stereocenters. The number of ketones is 1. The highest BCUT2D eigenvalue weighted by Crippen LogP contribution is 2.55. The van der Waals surface area contributed by atoms with Gasteiger partial charge in [0.2, 0.25) is 5.52 Å². The number of hydrogen-bond acceptors (Lipinski definition) is 6. The van der Waals surface area contributed by atoms with Gasteiger partial charge in [0.1, 0.15) is 28.0 Å². The highest BCUT2D eigenvalue weighted by Gasteiger charge is 2.51. The number of hydrogen-bond donors (Lipinski definition) is 0. The van der Waals surface area contributed by atoms with Crippen molar-refractivity contribution in [3.8, 4) is 17.2 Å². The van der Waals surface area contributed by atoms with Crippen LogP contribution in [0.3, 0.4) is 0 Å². The highest BCUT2D eigenvalue weighted by atomic mass is 31.1. The van der Waals surface area contributed by atoms with Crippen molar-refractivity contribution in [1.29, 1.82) is 0 Å². The van der Waals surface area contributed by atoms with Crippen LogP contribution in [-0.2, 0) is 4.57 Å². The molecule has 0 aliphatic heterocycles. The minimum absolute atomic E-state index is 0.199. The first-order valence-corrected chi connectivity index (χ1v) is 11.5. The molecule has 0 aromatic heterocycles. The van der Waals surface area contributed by atoms with Gasteiger partial charge in [0, 0.05) is 17.7 Å². The molecule has 0 heterocycles. The van der Waals surface area contributed by atoms with Gasteiger partial charge in [0.25, 0.3) is 0 Å². The first kappa shape index (κ1) is 23.0. The van der Waals surface area contributed by atoms with Gasteiger partial charge in [-0.2, -0.15) is 0 Å². The molecule has 1 radical (unpaired) electrons. The number of rotatable bonds is 8. The maximum absolute atomic E-state index is 13.9. The Kier molecular flexibility index (Phi) is 6.80. The van der Waals surface area contributed by atoms with Crippen molar-refractivity contribution in [2.45, 2.75) is 44.7 Å². The lowest BCUT2D eigenvalue weighted by Gasteiger charge is -2.27. The Hall–Kier alpha value is -2.72. The molecule has 6 nitrogen and oxygen atoms in total. The Bertz CT molecular complexity index is 991. The zero-order chi connectivity index (χ0) is 22.8. The zero-order valence-electron chi connectivity index (χ0n) is 18.6. The van der Waals surface area contributed by atoms with Crippen LogP contribution in [0.25, 0.3) is 0 Å². The molecule has 1 fully saturated rings. The van der Waals surface area contributed by atoms with Gasteiger partial charge in [-0.05, 0) is 37.8 Å². The molecule has 165 valence electrons. The van der Waals surface area contributed by atoms with Gasteiger partial charge in [0.15, 0.2) is 13.6 Å². The number of benzene rings is 2. The molecule has 1 aliphatic carbocycles. The molecule has 0 saturated heterocycles. The van der Waals surface area contributed by atoms with Crippen molar-refractivity contribution in [1.82, 2.24) is 0 Å². The van der Waals surface area contributed by atoms with Gasteiger partial charge >= 0.3 is 0 Å². The van der Waals surface area contributed by atoms with E-state index in [-0.39, 0.29) is 22.8 Å². The van der Waals surface area contributed by atoms with Crippen LogP contribution in [-0.4, -0.2) is 37.8 Å². The van der Waals surface area contributed by atoms with Gasteiger partial charge in [-0.25, -0.2) is 0 Å². The molecule has 0 N–H and O–H groups in total. The lowest BCUT2D eigenvalue weighted by atomic mass is 9.93. The lowest BCUT2D eigenvalue weighted by molar-refractivity contribution is 0.0925. The molecule has 3 rings (SSSR count). The summed E-state index contributed by atoms with van der Waals surface area (Å²) >= 11 is 0. The summed E-state index contributed by atoms with van der Waals surface area (Å²) in [5.41, 5.74) is 1.69. The fourth-order valence-corrected chi connectivity index (χ4v) is 6.36. The van der Waals surface area contributed by atoms with Crippen LogP contribution < -0.4 is 14.2 Å². The van der Waals surface area contributed by atoms with E-state index in [9.17, 15) is 14.2 Å². The van der Waals surface area contributed by atoms with E-state index in [1.165, 1.54) is 21.3 Å². The van der Waals surface area contributed by atoms with Crippen LogP contribution in [0.4, 0.5) is 0 Å². The maximum atomic E-state index is 13.9. The molecule has 1 atom stereocenters. The van der Waals surface area contributed by atoms with E-state index >= 15 is 0 Å². The molecule has 31 heavy (non-hydrogen) atoms. The molecule has 0 amide bonds. The van der Waals surface area contributed by atoms with Gasteiger partial charge < -0.3 is 14.2 Å². The van der Waals surface area contributed by atoms with Crippen molar-refractivity contribution < 1.29 is 28.4 Å². The number of ether oxygens (including phenoxy) is 3. The van der Waals surface area contributed by atoms with E-state index in [1.54, 1.807) is 12.1 Å². The van der Waals surface area contributed by atoms with E-state index in [0.29, 0.717) is 24.2 Å². The van der Waals surface area contributed by atoms with Gasteiger partial charge in [-0.15, -0.1) is 0 Å². The van der Waals surface area contributed by atoms with Crippen LogP contribution in [0.5, 0.6) is 17.2 Å². The van der Waals surface area contributed by atoms with Crippen molar-refractivity contribution in [3.05, 3.63) is 52.6 Å². The maximum Gasteiger partial charge on any atom is 0.243 e. The average molecular weight is 443 g/mol. The molecule has 2 aromatic rings. The number of aryl methyl sites for hydroxylation is 2. The zero-order valence-corrected chi connectivity index (χ0v) is 19.5. The molecule has 1 aliphatic rings. The first-order chi connectivity index (χ1) is 14.8. The normalized spacial score (nSPS) is 15.3. The molecule has 0 spiro atoms. The largest absolute Gasteiger partial charge is 0.496 e. The second-order valence-electron chi connectivity index (χ2n) is 7.84. The van der Waals surface area contributed by atoms with Crippen molar-refractivity contribution in [2.75, 3.05) is 21.3 Å². The third-order valence-corrected chi connectivity index (χ3v) is 8.08. The summed E-state index contributed by atoms with van der Waals surface area (Å²) in [5.74, 6) is 0.648. The van der Waals surface area contributed by atoms with Gasteiger partial charge in [-0.1, -0.05) is 31.0 Å². The smallest absolute Gasteiger partial charge is 0.243 e. The molecular weight excluding hydrogens is 415 g/mol. The highest BCUT2D eigenvalue weighted by molar-refractivity contribution is 7.67. The van der Waals surface area contributed by atoms with E-state index in [2.05, 4.69) is 0 Å². The van der Waals surface area contributed by atoms with Crippen molar-refractivity contribution in [3.63, 3.8) is 0 Å². The second-order valence-corrected chi connectivity index (χ2v) is 9.69. The quantitative estimate of drug-likeness (QED) is 0.396. The third-order valence-electron chi connectivity index (χ3n) is 6.06. The number of carbonyl (C=O) groups excluding carboxylic acids is 2. The first-order valence-electron chi connectivity index (χ1n) is 10.2. The van der Waals surface area contributed by atoms with Crippen LogP contribution in [0, 0.1) is 13.8 Å². The predicted molar refractivity (Wildman–Crippen MR) is 119 cm³/mol. The van der Waals surface area contributed by atoms with Crippen LogP contribution in [0.15, 0.2) is 30.3 Å². The summed E-state index contributed by atoms with van der Waals surface area (Å²) in [4.78, 5) is 27.3. The minimum Gasteiger partial charge on any atom is -0.496 e. The fourth-order valence-electron chi connectivity index (χ4n) is 4.39. The van der Waals surface area contributed by atoms with E-state index in [1.807, 2.05) is 32.0 Å². The summed E-state index contributed by atoms with van der Waals surface area (Å²) in [6.45, 7) is 3.64. The molecule has 7 heteroatoms. The third kappa shape index (κ3) is 3.97. The topological polar surface area (TPSA) is 78.9 Å². The Balaban J connectivity index is 2.13. The number of carbonyl (C=O) groups is 2. The summed E-state index contributed by atoms with van der Waals surface area (Å²) in [6.07, 6.45) is 2.23. The van der Waals surface area contributed by atoms with E-state index < -0.39 is 18.5 Å². The standard InChI is InChI=1S/C24H28O6P/c1-15-9-8-10-16(2)20(15)23(26)31(27)24(11-6-7-12-24)22(25)21-18(29-4)13-17(28-3)14-19(21)30-5/h8-10,13-14H,6-7,11-12H2,1-5H3. The van der Waals surface area contributed by atoms with Crippen LogP contribution >= 0.6 is 7.80 Å². The molecule has 2 aromatic carbocycles. The van der Waals surface area contributed by atoms with Crippen LogP contribution in [0.2, 0.25) is 0 Å². The molecular formula is C24H28O6P. The Morgan fingerprint density at radius 1 is 0.871 bits per heavy atom. The van der Waals surface area contributed by atoms with Crippen molar-refractivity contribution >= 4 is 19.1 Å². The Morgan fingerprint density at radius 3 is 1.84 bits per heavy atom. The Labute approximate surface area is 183 Å². The second kappa shape index (κ2) is 9.19. The van der Waals surface area contributed by atoms with E-state index in [0.717, 1.165) is 24.0 Å². The monoisotopic (exact) mass is 443 g/mol. The fraction of sp³-hybridized carbons (Fsp3) is 0.417. The van der Waals surface area contributed by atoms with Crippen molar-refractivity contribution in [2.24, 2.45) is 0 Å². The Morgan fingerprint density at radius 2 is 1.39 bits per heavy atom. The number of Topliss-reactive ketones (excluding diaryl/α,β-unsaturated/α-hetero) is 1. The minimum atomic E-state index is -2.53. The summed E-state index contributed by atoms with van der Waals surface area (Å²) in [5, 5.41) is -1.28. The lowest BCUT2D eigenvalue weighted by Crippen LogP contribution is -2.34. The number of methoxy groups -OCH3 is 3. The van der Waals surface area contributed by atoms with E-state index in [4.69, 9.17) is 14.2 Å². The van der Waals surface area contributed by atoms with Crippen LogP contribution in [0.1, 0.15) is 57.5 Å². The predicted octanol–water partition coefficient (Wildman–Crippen LogP) is 5.49. The average Bonchev–Trinajstić information content (AvgIpc) is 3.27. The van der Waals surface area contributed by atoms with Gasteiger partial charge in [-0.3, -0.25) is 14.2 Å². The SMILES string of the molecule is COc1cc(OC)c(C(=O)C2([P](=O)C(=O)c3c(C)cccc3C)CCCC2)c(OC)c1. The van der Waals surface area contributed by atoms with Gasteiger partial charge in [0.05, 0.1) is 21.3 Å². The molecule has 1 saturated carbocycles. The molecule has 0 bridgehead atoms.